The van der Waals surface area contributed by atoms with Crippen LogP contribution in [-0.4, -0.2) is 16.5 Å². The summed E-state index contributed by atoms with van der Waals surface area (Å²) < 4.78 is 40.7. The molecule has 4 nitrogen and oxygen atoms in total. The van der Waals surface area contributed by atoms with Crippen molar-refractivity contribution >= 4 is 17.1 Å². The van der Waals surface area contributed by atoms with E-state index in [2.05, 4.69) is 28.0 Å². The van der Waals surface area contributed by atoms with Crippen molar-refractivity contribution in [2.24, 2.45) is 0 Å². The second kappa shape index (κ2) is 9.41. The number of hydrogen-bond acceptors (Lipinski definition) is 4. The van der Waals surface area contributed by atoms with Crippen LogP contribution in [0.15, 0.2) is 42.6 Å². The van der Waals surface area contributed by atoms with Crippen LogP contribution in [0.1, 0.15) is 44.2 Å². The van der Waals surface area contributed by atoms with Gasteiger partial charge in [-0.25, -0.2) is 4.98 Å². The highest BCUT2D eigenvalue weighted by Crippen LogP contribution is 2.32. The number of ether oxygens (including phenoxy) is 1. The van der Waals surface area contributed by atoms with Crippen LogP contribution in [0, 0.1) is 0 Å². The van der Waals surface area contributed by atoms with Gasteiger partial charge in [-0.2, -0.15) is 0 Å². The maximum Gasteiger partial charge on any atom is 0.573 e. The fraction of sp³-hybridized carbons (Fsp3) is 0.350. The monoisotopic (exact) mass is 380 g/mol. The summed E-state index contributed by atoms with van der Waals surface area (Å²) in [5.74, 6) is 0.262. The fourth-order valence-electron chi connectivity index (χ4n) is 2.70. The first kappa shape index (κ1) is 20.8. The van der Waals surface area contributed by atoms with Gasteiger partial charge < -0.3 is 15.2 Å². The number of benzene rings is 1. The Morgan fingerprint density at radius 2 is 1.89 bits per heavy atom. The van der Waals surface area contributed by atoms with Crippen molar-refractivity contribution in [2.75, 3.05) is 5.32 Å². The number of nitrogens with one attached hydrogen (secondary N) is 1. The summed E-state index contributed by atoms with van der Waals surface area (Å²) in [5.41, 5.74) is 3.20. The van der Waals surface area contributed by atoms with E-state index in [4.69, 9.17) is 0 Å². The molecule has 0 atom stereocenters. The summed E-state index contributed by atoms with van der Waals surface area (Å²) in [4.78, 5) is 4.37. The van der Waals surface area contributed by atoms with Crippen LogP contribution < -0.4 is 10.1 Å². The third-order valence-electron chi connectivity index (χ3n) is 3.94. The molecule has 1 aromatic heterocycles. The van der Waals surface area contributed by atoms with Crippen LogP contribution in [0.3, 0.4) is 0 Å². The van der Waals surface area contributed by atoms with E-state index >= 15 is 0 Å². The van der Waals surface area contributed by atoms with E-state index in [1.165, 1.54) is 24.3 Å². The number of rotatable bonds is 8. The van der Waals surface area contributed by atoms with Crippen molar-refractivity contribution in [3.63, 3.8) is 0 Å². The predicted molar refractivity (Wildman–Crippen MR) is 99.7 cm³/mol. The number of halogens is 3. The topological polar surface area (TPSA) is 54.4 Å². The standard InChI is InChI=1S/C20H23F3N2O2/c1-3-5-6-14(4-2)18-15(13-26)11-12-24-19(18)25-16-7-9-17(10-8-16)27-20(21,22)23/h6-12,26H,3-5,13H2,1-2H3,(H,24,25)/b14-6-. The van der Waals surface area contributed by atoms with Crippen LogP contribution in [-0.2, 0) is 6.61 Å². The van der Waals surface area contributed by atoms with Crippen molar-refractivity contribution in [1.29, 1.82) is 0 Å². The Morgan fingerprint density at radius 1 is 1.19 bits per heavy atom. The van der Waals surface area contributed by atoms with E-state index in [1.807, 2.05) is 6.92 Å². The first-order chi connectivity index (χ1) is 12.9. The molecule has 0 saturated carbocycles. The molecule has 146 valence electrons. The zero-order chi connectivity index (χ0) is 19.9. The third kappa shape index (κ3) is 5.99. The van der Waals surface area contributed by atoms with Gasteiger partial charge in [0.05, 0.1) is 6.61 Å². The van der Waals surface area contributed by atoms with Crippen molar-refractivity contribution < 1.29 is 23.0 Å². The van der Waals surface area contributed by atoms with E-state index < -0.39 is 6.36 Å². The first-order valence-electron chi connectivity index (χ1n) is 8.78. The Balaban J connectivity index is 2.33. The van der Waals surface area contributed by atoms with Crippen molar-refractivity contribution in [2.45, 2.75) is 46.1 Å². The lowest BCUT2D eigenvalue weighted by atomic mass is 9.97. The quantitative estimate of drug-likeness (QED) is 0.607. The maximum atomic E-state index is 12.3. The first-order valence-corrected chi connectivity index (χ1v) is 8.78. The van der Waals surface area contributed by atoms with Gasteiger partial charge in [0.25, 0.3) is 0 Å². The van der Waals surface area contributed by atoms with Gasteiger partial charge in [0.15, 0.2) is 0 Å². The summed E-state index contributed by atoms with van der Waals surface area (Å²) >= 11 is 0. The molecule has 1 aromatic carbocycles. The molecule has 1 heterocycles. The number of hydrogen-bond donors (Lipinski definition) is 2. The summed E-state index contributed by atoms with van der Waals surface area (Å²) in [6.07, 6.45) is 1.67. The lowest BCUT2D eigenvalue weighted by molar-refractivity contribution is -0.274. The minimum Gasteiger partial charge on any atom is -0.406 e. The Kier molecular flexibility index (Phi) is 7.24. The second-order valence-corrected chi connectivity index (χ2v) is 5.92. The Morgan fingerprint density at radius 3 is 2.44 bits per heavy atom. The molecule has 0 spiro atoms. The molecule has 0 aliphatic heterocycles. The number of anilines is 2. The fourth-order valence-corrected chi connectivity index (χ4v) is 2.70. The van der Waals surface area contributed by atoms with Gasteiger partial charge in [-0.05, 0) is 54.3 Å². The number of aromatic nitrogens is 1. The van der Waals surface area contributed by atoms with Gasteiger partial charge in [-0.1, -0.05) is 26.3 Å². The molecule has 0 fully saturated rings. The molecule has 27 heavy (non-hydrogen) atoms. The number of allylic oxidation sites excluding steroid dienone is 2. The van der Waals surface area contributed by atoms with Crippen molar-refractivity contribution in [3.8, 4) is 5.75 Å². The number of unbranched alkanes of at least 4 members (excludes halogenated alkanes) is 1. The molecule has 0 bridgehead atoms. The molecule has 2 N–H and O–H groups in total. The van der Waals surface area contributed by atoms with Crippen LogP contribution in [0.25, 0.3) is 5.57 Å². The Labute approximate surface area is 156 Å². The molecule has 0 saturated heterocycles. The lowest BCUT2D eigenvalue weighted by Crippen LogP contribution is -2.17. The summed E-state index contributed by atoms with van der Waals surface area (Å²) in [6.45, 7) is 3.99. The molecule has 0 amide bonds. The van der Waals surface area contributed by atoms with Crippen LogP contribution in [0.2, 0.25) is 0 Å². The predicted octanol–water partition coefficient (Wildman–Crippen LogP) is 5.81. The molecule has 0 radical (unpaired) electrons. The number of alkyl halides is 3. The van der Waals surface area contributed by atoms with Gasteiger partial charge in [0.2, 0.25) is 0 Å². The molecular formula is C20H23F3N2O2. The van der Waals surface area contributed by atoms with Crippen molar-refractivity contribution in [3.05, 3.63) is 53.7 Å². The third-order valence-corrected chi connectivity index (χ3v) is 3.94. The number of pyridine rings is 1. The van der Waals surface area contributed by atoms with Gasteiger partial charge in [0.1, 0.15) is 11.6 Å². The average molecular weight is 380 g/mol. The highest BCUT2D eigenvalue weighted by atomic mass is 19.4. The molecule has 0 aliphatic rings. The van der Waals surface area contributed by atoms with Gasteiger partial charge in [-0.15, -0.1) is 13.2 Å². The normalized spacial score (nSPS) is 12.1. The SMILES string of the molecule is CCC/C=C(/CC)c1c(CO)ccnc1Nc1ccc(OC(F)(F)F)cc1. The van der Waals surface area contributed by atoms with Crippen LogP contribution in [0.4, 0.5) is 24.7 Å². The van der Waals surface area contributed by atoms with Gasteiger partial charge in [-0.3, -0.25) is 0 Å². The smallest absolute Gasteiger partial charge is 0.406 e. The Bertz CT molecular complexity index is 772. The number of aliphatic hydroxyl groups is 1. The molecule has 2 rings (SSSR count). The number of nitrogens with zero attached hydrogens (tertiary/aromatic N) is 1. The average Bonchev–Trinajstić information content (AvgIpc) is 2.63. The minimum absolute atomic E-state index is 0.131. The van der Waals surface area contributed by atoms with Crippen LogP contribution in [0.5, 0.6) is 5.75 Å². The highest BCUT2D eigenvalue weighted by Gasteiger charge is 2.30. The Hall–Kier alpha value is -2.54. The van der Waals surface area contributed by atoms with E-state index in [0.29, 0.717) is 11.5 Å². The van der Waals surface area contributed by atoms with E-state index in [0.717, 1.165) is 36.0 Å². The highest BCUT2D eigenvalue weighted by molar-refractivity contribution is 5.79. The maximum absolute atomic E-state index is 12.3. The molecule has 7 heteroatoms. The molecule has 0 unspecified atom stereocenters. The molecule has 0 aliphatic carbocycles. The largest absolute Gasteiger partial charge is 0.573 e. The minimum atomic E-state index is -4.72. The van der Waals surface area contributed by atoms with E-state index in [-0.39, 0.29) is 12.4 Å². The zero-order valence-corrected chi connectivity index (χ0v) is 15.3. The van der Waals surface area contributed by atoms with E-state index in [9.17, 15) is 18.3 Å². The lowest BCUT2D eigenvalue weighted by Gasteiger charge is -2.17. The van der Waals surface area contributed by atoms with Crippen molar-refractivity contribution in [1.82, 2.24) is 4.98 Å². The van der Waals surface area contributed by atoms with Gasteiger partial charge in [0, 0.05) is 17.4 Å². The summed E-state index contributed by atoms with van der Waals surface area (Å²) in [6, 6.07) is 7.20. The van der Waals surface area contributed by atoms with E-state index in [1.54, 1.807) is 12.3 Å². The number of aliphatic hydroxyl groups excluding tert-OH is 1. The van der Waals surface area contributed by atoms with Crippen LogP contribution >= 0.6 is 0 Å². The zero-order valence-electron chi connectivity index (χ0n) is 15.3. The molecule has 2 aromatic rings. The van der Waals surface area contributed by atoms with Gasteiger partial charge >= 0.3 is 6.36 Å². The summed E-state index contributed by atoms with van der Waals surface area (Å²) in [7, 11) is 0. The summed E-state index contributed by atoms with van der Waals surface area (Å²) in [5, 5.41) is 12.8. The second-order valence-electron chi connectivity index (χ2n) is 5.92. The molecular weight excluding hydrogens is 357 g/mol.